The van der Waals surface area contributed by atoms with Crippen molar-refractivity contribution in [1.29, 1.82) is 0 Å². The Bertz CT molecular complexity index is 1140. The largest absolute Gasteiger partial charge is 0.493 e. The monoisotopic (exact) mass is 475 g/mol. The smallest absolute Gasteiger partial charge is 0.227 e. The topological polar surface area (TPSA) is 62.8 Å². The maximum atomic E-state index is 5.59. The number of aryl methyl sites for hydroxylation is 1. The quantitative estimate of drug-likeness (QED) is 0.515. The summed E-state index contributed by atoms with van der Waals surface area (Å²) in [6.07, 6.45) is 5.83. The van der Waals surface area contributed by atoms with Crippen LogP contribution in [0.4, 0.5) is 11.8 Å². The van der Waals surface area contributed by atoms with E-state index in [1.165, 1.54) is 30.4 Å². The van der Waals surface area contributed by atoms with Gasteiger partial charge in [0.15, 0.2) is 11.5 Å². The summed E-state index contributed by atoms with van der Waals surface area (Å²) in [5.41, 5.74) is 3.58. The maximum Gasteiger partial charge on any atom is 0.227 e. The summed E-state index contributed by atoms with van der Waals surface area (Å²) in [5.74, 6) is 3.10. The molecule has 0 unspecified atom stereocenters. The molecule has 0 atom stereocenters. The van der Waals surface area contributed by atoms with Gasteiger partial charge in [0, 0.05) is 50.2 Å². The molecule has 3 aromatic rings. The van der Waals surface area contributed by atoms with Gasteiger partial charge < -0.3 is 19.7 Å². The first-order chi connectivity index (χ1) is 17.1. The van der Waals surface area contributed by atoms with E-state index in [4.69, 9.17) is 19.4 Å². The van der Waals surface area contributed by atoms with E-state index in [1.54, 1.807) is 14.2 Å². The summed E-state index contributed by atoms with van der Waals surface area (Å²) in [5, 5.41) is 4.76. The van der Waals surface area contributed by atoms with E-state index in [9.17, 15) is 0 Å². The Kier molecular flexibility index (Phi) is 7.23. The second kappa shape index (κ2) is 10.7. The molecular formula is C28H37N5O2. The molecule has 0 spiro atoms. The lowest BCUT2D eigenvalue weighted by molar-refractivity contribution is 0.211. The van der Waals surface area contributed by atoms with Crippen molar-refractivity contribution in [2.45, 2.75) is 51.6 Å². The average Bonchev–Trinajstić information content (AvgIpc) is 2.90. The van der Waals surface area contributed by atoms with Gasteiger partial charge >= 0.3 is 0 Å². The van der Waals surface area contributed by atoms with Crippen molar-refractivity contribution < 1.29 is 9.47 Å². The third kappa shape index (κ3) is 5.45. The zero-order valence-electron chi connectivity index (χ0n) is 21.2. The second-order valence-electron chi connectivity index (χ2n) is 9.82. The number of likely N-dealkylation sites (tertiary alicyclic amines) is 1. The Labute approximate surface area is 208 Å². The molecule has 3 heterocycles. The normalized spacial score (nSPS) is 17.5. The first-order valence-electron chi connectivity index (χ1n) is 12.9. The average molecular weight is 476 g/mol. The highest BCUT2D eigenvalue weighted by Gasteiger charge is 2.23. The molecule has 0 aliphatic carbocycles. The molecule has 0 amide bonds. The number of anilines is 2. The van der Waals surface area contributed by atoms with Crippen LogP contribution in [0.5, 0.6) is 11.5 Å². The van der Waals surface area contributed by atoms with Gasteiger partial charge in [0.2, 0.25) is 5.95 Å². The summed E-state index contributed by atoms with van der Waals surface area (Å²) in [4.78, 5) is 14.8. The first kappa shape index (κ1) is 23.7. The van der Waals surface area contributed by atoms with Gasteiger partial charge in [0.1, 0.15) is 5.82 Å². The zero-order chi connectivity index (χ0) is 24.2. The number of nitrogens with one attached hydrogen (secondary N) is 1. The fourth-order valence-electron chi connectivity index (χ4n) is 5.17. The molecule has 2 aliphatic heterocycles. The highest BCUT2D eigenvalue weighted by atomic mass is 16.5. The molecule has 2 saturated heterocycles. The standard InChI is InChI=1S/C28H37N5O2/c1-20-7-9-21(10-8-20)19-32-15-11-22(12-16-32)29-27-23-17-25(34-2)26(35-3)18-24(23)30-28(31-27)33-13-5-4-6-14-33/h7-10,17-18,22H,4-6,11-16,19H2,1-3H3,(H,29,30,31). The lowest BCUT2D eigenvalue weighted by atomic mass is 10.0. The molecule has 0 radical (unpaired) electrons. The highest BCUT2D eigenvalue weighted by Crippen LogP contribution is 2.36. The molecule has 2 fully saturated rings. The van der Waals surface area contributed by atoms with Crippen molar-refractivity contribution in [3.63, 3.8) is 0 Å². The van der Waals surface area contributed by atoms with Crippen molar-refractivity contribution in [1.82, 2.24) is 14.9 Å². The van der Waals surface area contributed by atoms with Crippen molar-refractivity contribution in [2.24, 2.45) is 0 Å². The van der Waals surface area contributed by atoms with Gasteiger partial charge in [-0.05, 0) is 50.7 Å². The molecule has 1 aromatic heterocycles. The number of fused-ring (bicyclic) bond motifs is 1. The minimum absolute atomic E-state index is 0.379. The van der Waals surface area contributed by atoms with E-state index in [1.807, 2.05) is 12.1 Å². The summed E-state index contributed by atoms with van der Waals surface area (Å²) in [6.45, 7) is 7.32. The Morgan fingerprint density at radius 1 is 0.886 bits per heavy atom. The molecule has 0 bridgehead atoms. The van der Waals surface area contributed by atoms with E-state index in [-0.39, 0.29) is 0 Å². The van der Waals surface area contributed by atoms with Gasteiger partial charge in [-0.3, -0.25) is 4.90 Å². The number of rotatable bonds is 7. The van der Waals surface area contributed by atoms with Gasteiger partial charge in [-0.25, -0.2) is 4.98 Å². The molecular weight excluding hydrogens is 438 g/mol. The number of hydrogen-bond acceptors (Lipinski definition) is 7. The van der Waals surface area contributed by atoms with Gasteiger partial charge in [-0.1, -0.05) is 29.8 Å². The fourth-order valence-corrected chi connectivity index (χ4v) is 5.17. The third-order valence-electron chi connectivity index (χ3n) is 7.28. The number of hydrogen-bond donors (Lipinski definition) is 1. The Hall–Kier alpha value is -3.06. The SMILES string of the molecule is COc1cc2nc(N3CCCCC3)nc(NC3CCN(Cc4ccc(C)cc4)CC3)c2cc1OC. The van der Waals surface area contributed by atoms with Crippen molar-refractivity contribution in [3.05, 3.63) is 47.5 Å². The number of ether oxygens (including phenoxy) is 2. The number of nitrogens with zero attached hydrogens (tertiary/aromatic N) is 4. The second-order valence-corrected chi connectivity index (χ2v) is 9.82. The van der Waals surface area contributed by atoms with Gasteiger partial charge in [-0.15, -0.1) is 0 Å². The van der Waals surface area contributed by atoms with E-state index >= 15 is 0 Å². The number of methoxy groups -OCH3 is 2. The van der Waals surface area contributed by atoms with Crippen LogP contribution in [-0.2, 0) is 6.54 Å². The zero-order valence-corrected chi connectivity index (χ0v) is 21.2. The lowest BCUT2D eigenvalue weighted by Gasteiger charge is -2.33. The third-order valence-corrected chi connectivity index (χ3v) is 7.28. The molecule has 7 heteroatoms. The van der Waals surface area contributed by atoms with Crippen LogP contribution < -0.4 is 19.7 Å². The van der Waals surface area contributed by atoms with Crippen molar-refractivity contribution in [3.8, 4) is 11.5 Å². The Balaban J connectivity index is 1.35. The molecule has 35 heavy (non-hydrogen) atoms. The van der Waals surface area contributed by atoms with Crippen LogP contribution in [0.2, 0.25) is 0 Å². The number of aromatic nitrogens is 2. The van der Waals surface area contributed by atoms with Crippen LogP contribution in [0, 0.1) is 6.92 Å². The van der Waals surface area contributed by atoms with Gasteiger partial charge in [0.05, 0.1) is 19.7 Å². The summed E-state index contributed by atoms with van der Waals surface area (Å²) >= 11 is 0. The molecule has 186 valence electrons. The summed E-state index contributed by atoms with van der Waals surface area (Å²) in [6, 6.07) is 13.2. The minimum atomic E-state index is 0.379. The predicted molar refractivity (Wildman–Crippen MR) is 142 cm³/mol. The molecule has 7 nitrogen and oxygen atoms in total. The summed E-state index contributed by atoms with van der Waals surface area (Å²) in [7, 11) is 3.34. The van der Waals surface area contributed by atoms with E-state index in [0.29, 0.717) is 17.5 Å². The molecule has 2 aliphatic rings. The van der Waals surface area contributed by atoms with E-state index in [0.717, 1.165) is 68.2 Å². The lowest BCUT2D eigenvalue weighted by Crippen LogP contribution is -2.39. The fraction of sp³-hybridized carbons (Fsp3) is 0.500. The van der Waals surface area contributed by atoms with Gasteiger partial charge in [-0.2, -0.15) is 4.98 Å². The predicted octanol–water partition coefficient (Wildman–Crippen LogP) is 5.02. The number of piperidine rings is 2. The first-order valence-corrected chi connectivity index (χ1v) is 12.9. The molecule has 0 saturated carbocycles. The van der Waals surface area contributed by atoms with E-state index in [2.05, 4.69) is 46.3 Å². The maximum absolute atomic E-state index is 5.59. The van der Waals surface area contributed by atoms with Crippen molar-refractivity contribution in [2.75, 3.05) is 50.6 Å². The summed E-state index contributed by atoms with van der Waals surface area (Å²) < 4.78 is 11.2. The Morgan fingerprint density at radius 2 is 1.57 bits per heavy atom. The van der Waals surface area contributed by atoms with E-state index < -0.39 is 0 Å². The molecule has 2 aromatic carbocycles. The van der Waals surface area contributed by atoms with Crippen LogP contribution in [0.15, 0.2) is 36.4 Å². The number of benzene rings is 2. The molecule has 5 rings (SSSR count). The van der Waals surface area contributed by atoms with Gasteiger partial charge in [0.25, 0.3) is 0 Å². The van der Waals surface area contributed by atoms with Crippen LogP contribution in [-0.4, -0.2) is 61.3 Å². The molecule has 1 N–H and O–H groups in total. The van der Waals surface area contributed by atoms with Crippen LogP contribution >= 0.6 is 0 Å². The van der Waals surface area contributed by atoms with Crippen LogP contribution in [0.1, 0.15) is 43.2 Å². The van der Waals surface area contributed by atoms with Crippen LogP contribution in [0.3, 0.4) is 0 Å². The highest BCUT2D eigenvalue weighted by molar-refractivity contribution is 5.93. The Morgan fingerprint density at radius 3 is 2.26 bits per heavy atom. The van der Waals surface area contributed by atoms with Crippen molar-refractivity contribution >= 4 is 22.7 Å². The van der Waals surface area contributed by atoms with Crippen LogP contribution in [0.25, 0.3) is 10.9 Å². The minimum Gasteiger partial charge on any atom is -0.493 e.